The first-order valence-corrected chi connectivity index (χ1v) is 23.4. The van der Waals surface area contributed by atoms with E-state index >= 15 is 0 Å². The number of furan rings is 1. The van der Waals surface area contributed by atoms with Gasteiger partial charge < -0.3 is 29.6 Å². The number of aryl methyl sites for hydroxylation is 2. The molecule has 0 aliphatic carbocycles. The van der Waals surface area contributed by atoms with Crippen LogP contribution in [0.3, 0.4) is 0 Å². The average Bonchev–Trinajstić information content (AvgIpc) is 3.45. The lowest BCUT2D eigenvalue weighted by atomic mass is 10.0. The van der Waals surface area contributed by atoms with E-state index in [1.54, 1.807) is 6.08 Å². The van der Waals surface area contributed by atoms with Gasteiger partial charge in [0.25, 0.3) is 0 Å². The number of unbranched alkanes of at least 4 members (excludes halogenated alkanes) is 13. The van der Waals surface area contributed by atoms with Crippen LogP contribution in [0.1, 0.15) is 171 Å². The summed E-state index contributed by atoms with van der Waals surface area (Å²) in [5.41, 5.74) is 7.99. The number of ether oxygens (including phenoxy) is 2. The van der Waals surface area contributed by atoms with Gasteiger partial charge in [0, 0.05) is 32.2 Å². The summed E-state index contributed by atoms with van der Waals surface area (Å²) in [5, 5.41) is 10.1. The van der Waals surface area contributed by atoms with Gasteiger partial charge in [-0.2, -0.15) is 0 Å². The van der Waals surface area contributed by atoms with E-state index in [0.29, 0.717) is 19.3 Å². The monoisotopic (exact) mass is 824 g/mol. The van der Waals surface area contributed by atoms with E-state index in [9.17, 15) is 24.2 Å². The minimum atomic E-state index is -4.41. The van der Waals surface area contributed by atoms with Gasteiger partial charge >= 0.3 is 19.8 Å². The molecule has 0 saturated heterocycles. The standard InChI is InChI=1S/C45H78NO10P/c1-5-7-9-10-13-17-23-28-40(47)29-24-18-16-21-26-32-44(48)52-36-41(37-54-57(50,51)53-35-34-46)55-45(49)33-27-20-15-12-11-14-19-25-31-43-39(4)38(3)42(56-43)30-22-8-6-2/h7,9,13,17,23,28,40-41,47H,5-6,8,10-12,14-16,18-22,24-27,29-37,46H2,1-4H3,(H,50,51)/b9-7+,17-13+,28-23+/t40?,41-/m1/s1. The number of hydrogen-bond donors (Lipinski definition) is 3. The largest absolute Gasteiger partial charge is 0.472 e. The molecule has 3 atom stereocenters. The SMILES string of the molecule is CC/C=C/C/C=C/C=C/C(O)CCCCCCCC(=O)OC[C@H](COP(=O)(O)OCCN)OC(=O)CCCCCCCCCCc1oc(CCCCC)c(C)c1C. The number of hydrogen-bond acceptors (Lipinski definition) is 10. The first-order chi connectivity index (χ1) is 27.5. The third kappa shape index (κ3) is 28.5. The van der Waals surface area contributed by atoms with Crippen molar-refractivity contribution < 1.29 is 47.1 Å². The fourth-order valence-electron chi connectivity index (χ4n) is 6.29. The molecule has 0 fully saturated rings. The Labute approximate surface area is 344 Å². The topological polar surface area (TPSA) is 168 Å². The van der Waals surface area contributed by atoms with Gasteiger partial charge in [-0.1, -0.05) is 127 Å². The Kier molecular flexibility index (Phi) is 31.6. The predicted molar refractivity (Wildman–Crippen MR) is 229 cm³/mol. The van der Waals surface area contributed by atoms with Crippen molar-refractivity contribution in [2.24, 2.45) is 5.73 Å². The minimum Gasteiger partial charge on any atom is -0.466 e. The Morgan fingerprint density at radius 1 is 0.737 bits per heavy atom. The summed E-state index contributed by atoms with van der Waals surface area (Å²) in [5.74, 6) is 1.39. The Morgan fingerprint density at radius 3 is 1.93 bits per heavy atom. The summed E-state index contributed by atoms with van der Waals surface area (Å²) < 4.78 is 39.0. The van der Waals surface area contributed by atoms with E-state index in [1.165, 1.54) is 43.2 Å². The number of aliphatic hydroxyl groups is 1. The molecule has 2 unspecified atom stereocenters. The van der Waals surface area contributed by atoms with Gasteiger partial charge in [0.2, 0.25) is 0 Å². The van der Waals surface area contributed by atoms with Crippen LogP contribution in [0.5, 0.6) is 0 Å². The number of phosphoric acid groups is 1. The molecule has 1 aromatic heterocycles. The van der Waals surface area contributed by atoms with Crippen LogP contribution in [-0.4, -0.2) is 60.5 Å². The lowest BCUT2D eigenvalue weighted by Crippen LogP contribution is -2.29. The van der Waals surface area contributed by atoms with Crippen molar-refractivity contribution >= 4 is 19.8 Å². The lowest BCUT2D eigenvalue weighted by molar-refractivity contribution is -0.161. The molecular weight excluding hydrogens is 745 g/mol. The second-order valence-corrected chi connectivity index (χ2v) is 16.4. The lowest BCUT2D eigenvalue weighted by Gasteiger charge is -2.19. The van der Waals surface area contributed by atoms with Gasteiger partial charge in [-0.25, -0.2) is 4.57 Å². The molecule has 1 aromatic rings. The normalized spacial score (nSPS) is 14.2. The molecular formula is C45H78NO10P. The van der Waals surface area contributed by atoms with Gasteiger partial charge in [-0.05, 0) is 69.9 Å². The Morgan fingerprint density at radius 2 is 1.32 bits per heavy atom. The molecule has 12 heteroatoms. The molecule has 0 bridgehead atoms. The Balaban J connectivity index is 2.30. The van der Waals surface area contributed by atoms with E-state index in [1.807, 2.05) is 12.2 Å². The summed E-state index contributed by atoms with van der Waals surface area (Å²) in [6, 6.07) is 0. The van der Waals surface area contributed by atoms with Crippen molar-refractivity contribution in [2.45, 2.75) is 188 Å². The molecule has 4 N–H and O–H groups in total. The van der Waals surface area contributed by atoms with E-state index in [4.69, 9.17) is 28.7 Å². The van der Waals surface area contributed by atoms with E-state index in [0.717, 1.165) is 95.0 Å². The number of phosphoric ester groups is 1. The van der Waals surface area contributed by atoms with Crippen molar-refractivity contribution in [1.82, 2.24) is 0 Å². The molecule has 11 nitrogen and oxygen atoms in total. The van der Waals surface area contributed by atoms with Crippen LogP contribution in [0.15, 0.2) is 40.9 Å². The Bertz CT molecular complexity index is 1320. The summed E-state index contributed by atoms with van der Waals surface area (Å²) in [6.45, 7) is 7.77. The predicted octanol–water partition coefficient (Wildman–Crippen LogP) is 10.8. The molecule has 328 valence electrons. The molecule has 57 heavy (non-hydrogen) atoms. The number of esters is 2. The maximum Gasteiger partial charge on any atom is 0.472 e. The smallest absolute Gasteiger partial charge is 0.466 e. The third-order valence-electron chi connectivity index (χ3n) is 9.85. The van der Waals surface area contributed by atoms with Crippen LogP contribution in [0.25, 0.3) is 0 Å². The van der Waals surface area contributed by atoms with Crippen LogP contribution in [0.4, 0.5) is 0 Å². The van der Waals surface area contributed by atoms with Gasteiger partial charge in [-0.15, -0.1) is 0 Å². The Hall–Kier alpha value is -2.53. The zero-order valence-electron chi connectivity index (χ0n) is 35.9. The van der Waals surface area contributed by atoms with Crippen molar-refractivity contribution in [2.75, 3.05) is 26.4 Å². The first-order valence-electron chi connectivity index (χ1n) is 21.9. The summed E-state index contributed by atoms with van der Waals surface area (Å²) in [7, 11) is -4.41. The molecule has 0 aromatic carbocycles. The highest BCUT2D eigenvalue weighted by molar-refractivity contribution is 7.47. The third-order valence-corrected chi connectivity index (χ3v) is 10.8. The molecule has 0 aliphatic heterocycles. The maximum atomic E-state index is 12.7. The minimum absolute atomic E-state index is 0.0317. The van der Waals surface area contributed by atoms with E-state index < -0.39 is 38.6 Å². The highest BCUT2D eigenvalue weighted by atomic mass is 31.2. The van der Waals surface area contributed by atoms with Gasteiger partial charge in [0.15, 0.2) is 6.10 Å². The van der Waals surface area contributed by atoms with Crippen molar-refractivity contribution in [3.63, 3.8) is 0 Å². The van der Waals surface area contributed by atoms with Crippen molar-refractivity contribution in [3.05, 3.63) is 59.1 Å². The number of carbonyl (C=O) groups is 2. The van der Waals surface area contributed by atoms with Crippen LogP contribution in [0, 0.1) is 13.8 Å². The number of rotatable bonds is 37. The van der Waals surface area contributed by atoms with Crippen LogP contribution in [-0.2, 0) is 45.5 Å². The highest BCUT2D eigenvalue weighted by Crippen LogP contribution is 2.43. The van der Waals surface area contributed by atoms with Crippen molar-refractivity contribution in [1.29, 1.82) is 0 Å². The van der Waals surface area contributed by atoms with Crippen LogP contribution in [0.2, 0.25) is 0 Å². The molecule has 0 saturated carbocycles. The van der Waals surface area contributed by atoms with Gasteiger partial charge in [0.1, 0.15) is 18.1 Å². The van der Waals surface area contributed by atoms with E-state index in [-0.39, 0.29) is 32.6 Å². The summed E-state index contributed by atoms with van der Waals surface area (Å²) in [6.07, 6.45) is 31.6. The second kappa shape index (κ2) is 34.3. The molecule has 0 amide bonds. The highest BCUT2D eigenvalue weighted by Gasteiger charge is 2.26. The van der Waals surface area contributed by atoms with E-state index in [2.05, 4.69) is 45.9 Å². The zero-order chi connectivity index (χ0) is 42.0. The summed E-state index contributed by atoms with van der Waals surface area (Å²) in [4.78, 5) is 35.0. The zero-order valence-corrected chi connectivity index (χ0v) is 36.8. The maximum absolute atomic E-state index is 12.7. The fourth-order valence-corrected chi connectivity index (χ4v) is 7.06. The summed E-state index contributed by atoms with van der Waals surface area (Å²) >= 11 is 0. The number of carbonyl (C=O) groups excluding carboxylic acids is 2. The second-order valence-electron chi connectivity index (χ2n) is 15.0. The quantitative estimate of drug-likeness (QED) is 0.0192. The van der Waals surface area contributed by atoms with Gasteiger partial charge in [0.05, 0.1) is 19.3 Å². The fraction of sp³-hybridized carbons (Fsp3) is 0.733. The molecule has 0 aliphatic rings. The first kappa shape index (κ1) is 52.5. The molecule has 0 spiro atoms. The number of nitrogens with two attached hydrogens (primary N) is 1. The number of allylic oxidation sites excluding steroid dienone is 5. The molecule has 1 heterocycles. The molecule has 0 radical (unpaired) electrons. The number of aliphatic hydroxyl groups excluding tert-OH is 1. The molecule has 1 rings (SSSR count). The average molecular weight is 824 g/mol. The van der Waals surface area contributed by atoms with Crippen LogP contribution < -0.4 is 5.73 Å². The van der Waals surface area contributed by atoms with Gasteiger partial charge in [-0.3, -0.25) is 18.6 Å². The van der Waals surface area contributed by atoms with Crippen LogP contribution >= 0.6 is 7.82 Å². The van der Waals surface area contributed by atoms with Crippen molar-refractivity contribution in [3.8, 4) is 0 Å².